The van der Waals surface area contributed by atoms with Crippen LogP contribution < -0.4 is 9.47 Å². The van der Waals surface area contributed by atoms with Gasteiger partial charge in [-0.1, -0.05) is 49.5 Å². The van der Waals surface area contributed by atoms with E-state index >= 15 is 0 Å². The van der Waals surface area contributed by atoms with Crippen LogP contribution in [0.5, 0.6) is 11.5 Å². The molecule has 7 heteroatoms. The van der Waals surface area contributed by atoms with Gasteiger partial charge in [0.05, 0.1) is 20.8 Å². The molecular weight excluding hydrogens is 486 g/mol. The molecule has 33 heavy (non-hydrogen) atoms. The summed E-state index contributed by atoms with van der Waals surface area (Å²) < 4.78 is 17.4. The second-order valence-electron chi connectivity index (χ2n) is 9.61. The minimum absolute atomic E-state index is 0.0352. The Bertz CT molecular complexity index is 995. The number of allylic oxidation sites excluding steroid dienone is 2. The zero-order chi connectivity index (χ0) is 24.3. The smallest absolute Gasteiger partial charge is 0.315 e. The lowest BCUT2D eigenvalue weighted by molar-refractivity contribution is -0.146. The Kier molecular flexibility index (Phi) is 8.04. The van der Waals surface area contributed by atoms with Crippen LogP contribution in [0.3, 0.4) is 0 Å². The van der Waals surface area contributed by atoms with Gasteiger partial charge in [-0.2, -0.15) is 0 Å². The summed E-state index contributed by atoms with van der Waals surface area (Å²) in [5, 5.41) is 0. The van der Waals surface area contributed by atoms with E-state index in [1.165, 1.54) is 0 Å². The van der Waals surface area contributed by atoms with Gasteiger partial charge in [-0.25, -0.2) is 0 Å². The largest absolute Gasteiger partial charge is 0.493 e. The average Bonchev–Trinajstić information content (AvgIpc) is 2.74. The van der Waals surface area contributed by atoms with E-state index in [4.69, 9.17) is 19.2 Å². The molecule has 0 spiro atoms. The molecule has 2 aliphatic rings. The van der Waals surface area contributed by atoms with Crippen LogP contribution in [0.15, 0.2) is 32.9 Å². The van der Waals surface area contributed by atoms with E-state index in [1.807, 2.05) is 19.1 Å². The molecule has 1 aliphatic heterocycles. The van der Waals surface area contributed by atoms with Gasteiger partial charge in [0.15, 0.2) is 17.3 Å². The number of Topliss-reactive ketones (excluding diaryl/α,β-unsaturated/α-hetero) is 1. The number of hydrogen-bond donors (Lipinski definition) is 0. The zero-order valence-corrected chi connectivity index (χ0v) is 22.0. The number of aliphatic imine (C=N–C) groups is 1. The van der Waals surface area contributed by atoms with Crippen LogP contribution in [0.4, 0.5) is 0 Å². The van der Waals surface area contributed by atoms with Crippen LogP contribution in [0.25, 0.3) is 0 Å². The lowest BCUT2D eigenvalue weighted by Crippen LogP contribution is -2.39. The second kappa shape index (κ2) is 10.4. The third kappa shape index (κ3) is 5.34. The quantitative estimate of drug-likeness (QED) is 0.310. The number of methoxy groups -OCH3 is 2. The molecule has 0 saturated carbocycles. The van der Waals surface area contributed by atoms with Gasteiger partial charge in [-0.3, -0.25) is 14.6 Å². The first-order valence-corrected chi connectivity index (χ1v) is 12.3. The van der Waals surface area contributed by atoms with Crippen molar-refractivity contribution in [3.05, 3.63) is 33.4 Å². The average molecular weight is 520 g/mol. The molecule has 0 bridgehead atoms. The topological polar surface area (TPSA) is 74.2 Å². The molecule has 2 atom stereocenters. The van der Waals surface area contributed by atoms with Gasteiger partial charge >= 0.3 is 5.97 Å². The number of benzene rings is 1. The Morgan fingerprint density at radius 3 is 2.45 bits per heavy atom. The molecule has 1 heterocycles. The number of carbonyl (C=O) groups is 2. The predicted molar refractivity (Wildman–Crippen MR) is 132 cm³/mol. The number of nitrogens with zero attached hydrogens (tertiary/aromatic N) is 1. The fourth-order valence-corrected chi connectivity index (χ4v) is 5.38. The maximum absolute atomic E-state index is 13.4. The maximum Gasteiger partial charge on any atom is 0.315 e. The lowest BCUT2D eigenvalue weighted by Gasteiger charge is -2.39. The third-order valence-electron chi connectivity index (χ3n) is 6.39. The fraction of sp³-hybridized carbons (Fsp3) is 0.577. The molecule has 0 N–H and O–H groups in total. The highest BCUT2D eigenvalue weighted by Gasteiger charge is 2.46. The van der Waals surface area contributed by atoms with Crippen LogP contribution in [0, 0.1) is 11.3 Å². The van der Waals surface area contributed by atoms with E-state index in [0.717, 1.165) is 35.0 Å². The third-order valence-corrected chi connectivity index (χ3v) is 7.07. The molecule has 6 nitrogen and oxygen atoms in total. The number of carbonyl (C=O) groups excluding carboxylic acids is 2. The number of esters is 1. The van der Waals surface area contributed by atoms with Gasteiger partial charge in [0.25, 0.3) is 0 Å². The normalized spacial score (nSPS) is 21.9. The van der Waals surface area contributed by atoms with Crippen LogP contribution in [0.2, 0.25) is 0 Å². The minimum atomic E-state index is -0.676. The van der Waals surface area contributed by atoms with Crippen molar-refractivity contribution < 1.29 is 23.8 Å². The second-order valence-corrected chi connectivity index (χ2v) is 10.5. The molecule has 1 unspecified atom stereocenters. The first-order chi connectivity index (χ1) is 15.6. The van der Waals surface area contributed by atoms with Crippen molar-refractivity contribution in [2.24, 2.45) is 16.3 Å². The summed E-state index contributed by atoms with van der Waals surface area (Å²) in [4.78, 5) is 31.6. The molecule has 0 radical (unpaired) electrons. The Labute approximate surface area is 204 Å². The zero-order valence-electron chi connectivity index (χ0n) is 20.4. The first kappa shape index (κ1) is 25.5. The summed E-state index contributed by atoms with van der Waals surface area (Å²) in [5.41, 5.74) is 2.68. The number of halogens is 1. The fourth-order valence-electron chi connectivity index (χ4n) is 4.81. The van der Waals surface area contributed by atoms with Crippen LogP contribution in [0.1, 0.15) is 71.3 Å². The summed E-state index contributed by atoms with van der Waals surface area (Å²) in [7, 11) is 3.15. The first-order valence-electron chi connectivity index (χ1n) is 11.5. The molecule has 1 aromatic rings. The summed E-state index contributed by atoms with van der Waals surface area (Å²) in [5.74, 6) is -0.384. The van der Waals surface area contributed by atoms with Gasteiger partial charge in [-0.05, 0) is 42.9 Å². The summed E-state index contributed by atoms with van der Waals surface area (Å²) >= 11 is 3.65. The predicted octanol–water partition coefficient (Wildman–Crippen LogP) is 6.02. The Hall–Kier alpha value is -2.15. The highest BCUT2D eigenvalue weighted by molar-refractivity contribution is 9.10. The van der Waals surface area contributed by atoms with E-state index in [1.54, 1.807) is 14.2 Å². The van der Waals surface area contributed by atoms with E-state index in [0.29, 0.717) is 42.2 Å². The summed E-state index contributed by atoms with van der Waals surface area (Å²) in [6.45, 7) is 8.48. The Balaban J connectivity index is 2.13. The van der Waals surface area contributed by atoms with Gasteiger partial charge in [0, 0.05) is 33.8 Å². The van der Waals surface area contributed by atoms with Crippen molar-refractivity contribution in [3.63, 3.8) is 0 Å². The molecule has 0 amide bonds. The van der Waals surface area contributed by atoms with Gasteiger partial charge in [0.1, 0.15) is 5.92 Å². The maximum atomic E-state index is 13.4. The van der Waals surface area contributed by atoms with Crippen molar-refractivity contribution in [1.82, 2.24) is 0 Å². The standard InChI is InChI=1S/C26H34BrNO5/c1-7-8-9-10-33-25(30)22-15(2)28-18-13-26(3,4)14-19(29)24(18)23(22)16-11-20(31-5)21(32-6)12-17(16)27/h11-12,22-23H,7-10,13-14H2,1-6H3/t22?,23-/m1/s1. The minimum Gasteiger partial charge on any atom is -0.493 e. The SMILES string of the molecule is CCCCCOC(=O)C1C(C)=NC2=C(C(=O)CC(C)(C)C2)[C@@H]1c1cc(OC)c(OC)cc1Br. The Morgan fingerprint density at radius 1 is 1.15 bits per heavy atom. The van der Waals surface area contributed by atoms with E-state index in [9.17, 15) is 9.59 Å². The summed E-state index contributed by atoms with van der Waals surface area (Å²) in [6.07, 6.45) is 3.96. The van der Waals surface area contributed by atoms with Crippen LogP contribution in [-0.4, -0.2) is 38.3 Å². The molecule has 180 valence electrons. The molecular formula is C26H34BrNO5. The lowest BCUT2D eigenvalue weighted by atomic mass is 9.67. The van der Waals surface area contributed by atoms with Crippen molar-refractivity contribution in [2.75, 3.05) is 20.8 Å². The van der Waals surface area contributed by atoms with Crippen molar-refractivity contribution in [1.29, 1.82) is 0 Å². The molecule has 0 aromatic heterocycles. The number of ether oxygens (including phenoxy) is 3. The van der Waals surface area contributed by atoms with Gasteiger partial charge in [-0.15, -0.1) is 0 Å². The highest BCUT2D eigenvalue weighted by atomic mass is 79.9. The van der Waals surface area contributed by atoms with Crippen molar-refractivity contribution in [2.45, 2.75) is 65.7 Å². The van der Waals surface area contributed by atoms with Crippen LogP contribution >= 0.6 is 15.9 Å². The van der Waals surface area contributed by atoms with Crippen molar-refractivity contribution >= 4 is 33.4 Å². The van der Waals surface area contributed by atoms with E-state index < -0.39 is 11.8 Å². The van der Waals surface area contributed by atoms with Gasteiger partial charge < -0.3 is 14.2 Å². The molecule has 0 fully saturated rings. The molecule has 1 aromatic carbocycles. The highest BCUT2D eigenvalue weighted by Crippen LogP contribution is 2.50. The molecule has 0 saturated heterocycles. The number of ketones is 1. The molecule has 3 rings (SSSR count). The van der Waals surface area contributed by atoms with Crippen molar-refractivity contribution in [3.8, 4) is 11.5 Å². The number of rotatable bonds is 8. The molecule has 1 aliphatic carbocycles. The van der Waals surface area contributed by atoms with E-state index in [2.05, 4.69) is 36.7 Å². The Morgan fingerprint density at radius 2 is 1.82 bits per heavy atom. The number of hydrogen-bond acceptors (Lipinski definition) is 6. The summed E-state index contributed by atoms with van der Waals surface area (Å²) in [6, 6.07) is 3.66. The number of unbranched alkanes of at least 4 members (excludes halogenated alkanes) is 2. The van der Waals surface area contributed by atoms with E-state index in [-0.39, 0.29) is 17.2 Å². The van der Waals surface area contributed by atoms with Gasteiger partial charge in [0.2, 0.25) is 0 Å². The van der Waals surface area contributed by atoms with Crippen LogP contribution in [-0.2, 0) is 14.3 Å². The monoisotopic (exact) mass is 519 g/mol.